The van der Waals surface area contributed by atoms with Crippen molar-refractivity contribution in [2.45, 2.75) is 31.2 Å². The van der Waals surface area contributed by atoms with Crippen molar-refractivity contribution in [3.05, 3.63) is 59.2 Å². The van der Waals surface area contributed by atoms with Gasteiger partial charge in [-0.25, -0.2) is 13.1 Å². The molecule has 3 rings (SSSR count). The van der Waals surface area contributed by atoms with E-state index in [1.165, 1.54) is 25.3 Å². The Morgan fingerprint density at radius 2 is 1.83 bits per heavy atom. The van der Waals surface area contributed by atoms with Crippen LogP contribution in [-0.2, 0) is 14.8 Å². The minimum absolute atomic E-state index is 0.0328. The molecule has 0 unspecified atom stereocenters. The van der Waals surface area contributed by atoms with Crippen molar-refractivity contribution in [2.75, 3.05) is 33.4 Å². The molecule has 1 fully saturated rings. The molecular formula is C22H28N2O5S. The summed E-state index contributed by atoms with van der Waals surface area (Å²) in [5, 5.41) is 0. The molecule has 8 heteroatoms. The highest BCUT2D eigenvalue weighted by Gasteiger charge is 2.26. The summed E-state index contributed by atoms with van der Waals surface area (Å²) in [6.07, 6.45) is 0.595. The van der Waals surface area contributed by atoms with Gasteiger partial charge in [-0.3, -0.25) is 4.79 Å². The first-order valence-corrected chi connectivity index (χ1v) is 11.5. The van der Waals surface area contributed by atoms with E-state index in [0.717, 1.165) is 11.1 Å². The predicted octanol–water partition coefficient (Wildman–Crippen LogP) is 2.91. The van der Waals surface area contributed by atoms with Gasteiger partial charge in [-0.1, -0.05) is 36.8 Å². The minimum atomic E-state index is -3.84. The molecule has 2 aromatic rings. The fraction of sp³-hybridized carbons (Fsp3) is 0.409. The molecule has 2 aromatic carbocycles. The van der Waals surface area contributed by atoms with Crippen LogP contribution in [0.25, 0.3) is 0 Å². The number of carbonyl (C=O) groups is 1. The second-order valence-corrected chi connectivity index (χ2v) is 8.97. The van der Waals surface area contributed by atoms with Gasteiger partial charge in [-0.05, 0) is 37.1 Å². The van der Waals surface area contributed by atoms with E-state index in [9.17, 15) is 13.2 Å². The number of rotatable bonds is 7. The molecule has 1 heterocycles. The summed E-state index contributed by atoms with van der Waals surface area (Å²) < 4.78 is 39.6. The number of ether oxygens (including phenoxy) is 2. The minimum Gasteiger partial charge on any atom is -0.496 e. The number of aryl methyl sites for hydroxylation is 1. The van der Waals surface area contributed by atoms with E-state index in [1.807, 2.05) is 38.1 Å². The molecule has 1 atom stereocenters. The Labute approximate surface area is 178 Å². The van der Waals surface area contributed by atoms with Crippen molar-refractivity contribution in [3.8, 4) is 5.75 Å². The summed E-state index contributed by atoms with van der Waals surface area (Å²) in [5.74, 6) is 0.0776. The highest BCUT2D eigenvalue weighted by molar-refractivity contribution is 7.89. The van der Waals surface area contributed by atoms with Gasteiger partial charge in [0.05, 0.1) is 30.8 Å². The lowest BCUT2D eigenvalue weighted by molar-refractivity contribution is 0.0300. The highest BCUT2D eigenvalue weighted by atomic mass is 32.2. The van der Waals surface area contributed by atoms with E-state index < -0.39 is 10.0 Å². The van der Waals surface area contributed by atoms with Crippen LogP contribution in [0.1, 0.15) is 40.9 Å². The van der Waals surface area contributed by atoms with Gasteiger partial charge in [0.2, 0.25) is 10.0 Å². The summed E-state index contributed by atoms with van der Waals surface area (Å²) in [4.78, 5) is 14.6. The molecule has 1 saturated heterocycles. The lowest BCUT2D eigenvalue weighted by Gasteiger charge is -2.27. The van der Waals surface area contributed by atoms with E-state index in [4.69, 9.17) is 9.47 Å². The molecular weight excluding hydrogens is 404 g/mol. The number of methoxy groups -OCH3 is 1. The van der Waals surface area contributed by atoms with Crippen LogP contribution in [0, 0.1) is 6.92 Å². The largest absolute Gasteiger partial charge is 0.496 e. The van der Waals surface area contributed by atoms with E-state index in [1.54, 1.807) is 4.90 Å². The molecule has 7 nitrogen and oxygen atoms in total. The van der Waals surface area contributed by atoms with Crippen LogP contribution in [0.5, 0.6) is 5.75 Å². The normalized spacial score (nSPS) is 15.6. The van der Waals surface area contributed by atoms with Gasteiger partial charge in [0.1, 0.15) is 5.75 Å². The Balaban J connectivity index is 1.89. The quantitative estimate of drug-likeness (QED) is 0.727. The zero-order chi connectivity index (χ0) is 21.7. The lowest BCUT2D eigenvalue weighted by Crippen LogP contribution is -2.40. The van der Waals surface area contributed by atoms with Crippen molar-refractivity contribution >= 4 is 15.9 Å². The SMILES string of the molecule is CC[C@H](NS(=O)(=O)c1ccc(OC)c(C(=O)N2CCOCC2)c1)c1ccc(C)cc1. The Morgan fingerprint density at radius 3 is 2.43 bits per heavy atom. The fourth-order valence-electron chi connectivity index (χ4n) is 3.40. The maximum absolute atomic E-state index is 13.1. The van der Waals surface area contributed by atoms with Gasteiger partial charge in [0.15, 0.2) is 0 Å². The maximum atomic E-state index is 13.1. The van der Waals surface area contributed by atoms with Gasteiger partial charge in [-0.2, -0.15) is 0 Å². The molecule has 0 bridgehead atoms. The number of hydrogen-bond acceptors (Lipinski definition) is 5. The summed E-state index contributed by atoms with van der Waals surface area (Å²) >= 11 is 0. The zero-order valence-corrected chi connectivity index (χ0v) is 18.4. The third kappa shape index (κ3) is 5.00. The number of nitrogens with one attached hydrogen (secondary N) is 1. The van der Waals surface area contributed by atoms with E-state index in [-0.39, 0.29) is 22.4 Å². The van der Waals surface area contributed by atoms with Gasteiger partial charge in [-0.15, -0.1) is 0 Å². The van der Waals surface area contributed by atoms with Crippen LogP contribution >= 0.6 is 0 Å². The standard InChI is InChI=1S/C22H28N2O5S/c1-4-20(17-7-5-16(2)6-8-17)23-30(26,27)18-9-10-21(28-3)19(15-18)22(25)24-11-13-29-14-12-24/h5-10,15,20,23H,4,11-14H2,1-3H3/t20-/m0/s1. The molecule has 1 aliphatic heterocycles. The molecule has 0 aliphatic carbocycles. The molecule has 0 saturated carbocycles. The summed E-state index contributed by atoms with van der Waals surface area (Å²) in [5.41, 5.74) is 2.23. The third-order valence-corrected chi connectivity index (χ3v) is 6.66. The summed E-state index contributed by atoms with van der Waals surface area (Å²) in [6, 6.07) is 11.8. The Kier molecular flexibility index (Phi) is 7.12. The number of hydrogen-bond donors (Lipinski definition) is 1. The second-order valence-electron chi connectivity index (χ2n) is 7.26. The summed E-state index contributed by atoms with van der Waals surface area (Å²) in [6.45, 7) is 5.75. The molecule has 1 aliphatic rings. The topological polar surface area (TPSA) is 84.9 Å². The van der Waals surface area contributed by atoms with Gasteiger partial charge < -0.3 is 14.4 Å². The van der Waals surface area contributed by atoms with Crippen molar-refractivity contribution < 1.29 is 22.7 Å². The fourth-order valence-corrected chi connectivity index (χ4v) is 4.73. The van der Waals surface area contributed by atoms with Crippen molar-refractivity contribution in [3.63, 3.8) is 0 Å². The third-order valence-electron chi connectivity index (χ3n) is 5.20. The smallest absolute Gasteiger partial charge is 0.257 e. The van der Waals surface area contributed by atoms with Crippen molar-refractivity contribution in [1.29, 1.82) is 0 Å². The number of amides is 1. The average Bonchev–Trinajstić information content (AvgIpc) is 2.77. The first-order chi connectivity index (χ1) is 14.4. The lowest BCUT2D eigenvalue weighted by atomic mass is 10.0. The molecule has 0 aromatic heterocycles. The number of morpholine rings is 1. The van der Waals surface area contributed by atoms with Gasteiger partial charge in [0.25, 0.3) is 5.91 Å². The average molecular weight is 433 g/mol. The molecule has 0 spiro atoms. The number of nitrogens with zero attached hydrogens (tertiary/aromatic N) is 1. The van der Waals surface area contributed by atoms with Gasteiger partial charge >= 0.3 is 0 Å². The molecule has 0 radical (unpaired) electrons. The first kappa shape index (κ1) is 22.3. The van der Waals surface area contributed by atoms with Crippen molar-refractivity contribution in [1.82, 2.24) is 9.62 Å². The predicted molar refractivity (Wildman–Crippen MR) is 114 cm³/mol. The second kappa shape index (κ2) is 9.59. The maximum Gasteiger partial charge on any atom is 0.257 e. The van der Waals surface area contributed by atoms with Crippen LogP contribution in [0.2, 0.25) is 0 Å². The highest BCUT2D eigenvalue weighted by Crippen LogP contribution is 2.26. The van der Waals surface area contributed by atoms with Crippen LogP contribution in [0.3, 0.4) is 0 Å². The monoisotopic (exact) mass is 432 g/mol. The Morgan fingerprint density at radius 1 is 1.17 bits per heavy atom. The van der Waals surface area contributed by atoms with Crippen LogP contribution in [0.4, 0.5) is 0 Å². The number of benzene rings is 2. The number of sulfonamides is 1. The van der Waals surface area contributed by atoms with E-state index in [2.05, 4.69) is 4.72 Å². The Hall–Kier alpha value is -2.42. The van der Waals surface area contributed by atoms with Crippen molar-refractivity contribution in [2.24, 2.45) is 0 Å². The molecule has 30 heavy (non-hydrogen) atoms. The number of carbonyl (C=O) groups excluding carboxylic acids is 1. The van der Waals surface area contributed by atoms with Crippen LogP contribution in [-0.4, -0.2) is 52.6 Å². The van der Waals surface area contributed by atoms with E-state index >= 15 is 0 Å². The molecule has 162 valence electrons. The zero-order valence-electron chi connectivity index (χ0n) is 17.6. The van der Waals surface area contributed by atoms with E-state index in [0.29, 0.717) is 38.5 Å². The van der Waals surface area contributed by atoms with Crippen LogP contribution in [0.15, 0.2) is 47.4 Å². The molecule has 1 N–H and O–H groups in total. The van der Waals surface area contributed by atoms with Crippen LogP contribution < -0.4 is 9.46 Å². The Bertz CT molecular complexity index is 983. The summed E-state index contributed by atoms with van der Waals surface area (Å²) in [7, 11) is -2.38. The first-order valence-electron chi connectivity index (χ1n) is 9.99. The van der Waals surface area contributed by atoms with Gasteiger partial charge in [0, 0.05) is 19.1 Å². The molecule has 1 amide bonds.